The van der Waals surface area contributed by atoms with Crippen molar-refractivity contribution in [3.63, 3.8) is 0 Å². The number of esters is 1. The Kier molecular flexibility index (Phi) is 3.62. The summed E-state index contributed by atoms with van der Waals surface area (Å²) in [6.07, 6.45) is 0. The second-order valence-electron chi connectivity index (χ2n) is 2.56. The molecule has 0 bridgehead atoms. The summed E-state index contributed by atoms with van der Waals surface area (Å²) in [6.45, 7) is 6.36. The zero-order chi connectivity index (χ0) is 8.97. The standard InChI is InChI=1S/C8H12O3S/c1-6(2)8(9)11-7-5-10-3-4-12-7/h7H,1,3-5H2,2H3. The van der Waals surface area contributed by atoms with Crippen LogP contribution in [0.2, 0.25) is 0 Å². The lowest BCUT2D eigenvalue weighted by Crippen LogP contribution is -2.26. The first-order valence-corrected chi connectivity index (χ1v) is 4.81. The predicted octanol–water partition coefficient (Wildman–Crippen LogP) is 1.20. The summed E-state index contributed by atoms with van der Waals surface area (Å²) >= 11 is 1.60. The maximum absolute atomic E-state index is 11.0. The molecule has 0 aromatic heterocycles. The average Bonchev–Trinajstić information content (AvgIpc) is 2.06. The van der Waals surface area contributed by atoms with Crippen molar-refractivity contribution in [2.45, 2.75) is 12.4 Å². The van der Waals surface area contributed by atoms with Gasteiger partial charge in [-0.15, -0.1) is 11.8 Å². The smallest absolute Gasteiger partial charge is 0.334 e. The molecule has 1 rings (SSSR count). The molecule has 0 amide bonds. The highest BCUT2D eigenvalue weighted by Gasteiger charge is 2.18. The third kappa shape index (κ3) is 2.87. The number of thioether (sulfide) groups is 1. The maximum Gasteiger partial charge on any atom is 0.334 e. The molecule has 12 heavy (non-hydrogen) atoms. The fourth-order valence-corrected chi connectivity index (χ4v) is 1.58. The first-order valence-electron chi connectivity index (χ1n) is 3.76. The van der Waals surface area contributed by atoms with E-state index in [2.05, 4.69) is 6.58 Å². The molecule has 0 saturated carbocycles. The number of carbonyl (C=O) groups is 1. The molecule has 0 aromatic carbocycles. The van der Waals surface area contributed by atoms with Gasteiger partial charge < -0.3 is 9.47 Å². The molecule has 68 valence electrons. The van der Waals surface area contributed by atoms with Crippen LogP contribution in [0.3, 0.4) is 0 Å². The van der Waals surface area contributed by atoms with E-state index in [0.717, 1.165) is 12.4 Å². The molecule has 1 aliphatic rings. The van der Waals surface area contributed by atoms with Gasteiger partial charge in [-0.05, 0) is 6.92 Å². The Hall–Kier alpha value is -0.480. The van der Waals surface area contributed by atoms with Gasteiger partial charge in [-0.2, -0.15) is 0 Å². The molecule has 1 saturated heterocycles. The third-order valence-corrected chi connectivity index (χ3v) is 2.38. The summed E-state index contributed by atoms with van der Waals surface area (Å²) in [5.74, 6) is 0.548. The van der Waals surface area contributed by atoms with Crippen LogP contribution in [-0.2, 0) is 14.3 Å². The van der Waals surface area contributed by atoms with Crippen LogP contribution in [0.1, 0.15) is 6.92 Å². The molecule has 0 aromatic rings. The van der Waals surface area contributed by atoms with Gasteiger partial charge in [-0.3, -0.25) is 0 Å². The van der Waals surface area contributed by atoms with Crippen molar-refractivity contribution in [1.29, 1.82) is 0 Å². The van der Waals surface area contributed by atoms with Gasteiger partial charge in [0.2, 0.25) is 0 Å². The Morgan fingerprint density at radius 1 is 1.75 bits per heavy atom. The van der Waals surface area contributed by atoms with Gasteiger partial charge in [0.1, 0.15) is 0 Å². The zero-order valence-electron chi connectivity index (χ0n) is 7.04. The average molecular weight is 188 g/mol. The molecule has 1 aliphatic heterocycles. The quantitative estimate of drug-likeness (QED) is 0.482. The summed E-state index contributed by atoms with van der Waals surface area (Å²) in [5.41, 5.74) is 0.282. The van der Waals surface area contributed by atoms with Crippen LogP contribution in [0.15, 0.2) is 12.2 Å². The van der Waals surface area contributed by atoms with Crippen molar-refractivity contribution in [2.75, 3.05) is 19.0 Å². The molecule has 0 aliphatic carbocycles. The Balaban J connectivity index is 2.29. The van der Waals surface area contributed by atoms with E-state index in [9.17, 15) is 4.79 Å². The van der Waals surface area contributed by atoms with Crippen LogP contribution in [0.5, 0.6) is 0 Å². The Morgan fingerprint density at radius 2 is 2.50 bits per heavy atom. The summed E-state index contributed by atoms with van der Waals surface area (Å²) < 4.78 is 10.2. The first kappa shape index (κ1) is 9.61. The van der Waals surface area contributed by atoms with Crippen LogP contribution in [0.25, 0.3) is 0 Å². The van der Waals surface area contributed by atoms with E-state index in [4.69, 9.17) is 9.47 Å². The fourth-order valence-electron chi connectivity index (χ4n) is 0.754. The molecule has 1 atom stereocenters. The van der Waals surface area contributed by atoms with Crippen LogP contribution in [0, 0.1) is 0 Å². The minimum absolute atomic E-state index is 0.150. The summed E-state index contributed by atoms with van der Waals surface area (Å²) in [4.78, 5) is 11.0. The Morgan fingerprint density at radius 3 is 3.00 bits per heavy atom. The van der Waals surface area contributed by atoms with Crippen molar-refractivity contribution in [1.82, 2.24) is 0 Å². The lowest BCUT2D eigenvalue weighted by Gasteiger charge is -2.21. The van der Waals surface area contributed by atoms with Gasteiger partial charge in [0.05, 0.1) is 13.2 Å². The number of ether oxygens (including phenoxy) is 2. The van der Waals surface area contributed by atoms with Crippen molar-refractivity contribution < 1.29 is 14.3 Å². The summed E-state index contributed by atoms with van der Waals surface area (Å²) in [7, 11) is 0. The van der Waals surface area contributed by atoms with E-state index in [1.165, 1.54) is 0 Å². The highest BCUT2D eigenvalue weighted by Crippen LogP contribution is 2.18. The maximum atomic E-state index is 11.0. The predicted molar refractivity (Wildman–Crippen MR) is 48.0 cm³/mol. The summed E-state index contributed by atoms with van der Waals surface area (Å²) in [5, 5.41) is 0. The van der Waals surface area contributed by atoms with Crippen molar-refractivity contribution >= 4 is 17.7 Å². The highest BCUT2D eigenvalue weighted by molar-refractivity contribution is 7.99. The minimum atomic E-state index is -0.335. The summed E-state index contributed by atoms with van der Waals surface area (Å²) in [6, 6.07) is 0. The van der Waals surface area contributed by atoms with Gasteiger partial charge in [-0.1, -0.05) is 6.58 Å². The molecular formula is C8H12O3S. The molecule has 1 unspecified atom stereocenters. The van der Waals surface area contributed by atoms with Crippen molar-refractivity contribution in [3.05, 3.63) is 12.2 Å². The third-order valence-electron chi connectivity index (χ3n) is 1.37. The van der Waals surface area contributed by atoms with Gasteiger partial charge in [0, 0.05) is 11.3 Å². The van der Waals surface area contributed by atoms with Crippen molar-refractivity contribution in [3.8, 4) is 0 Å². The van der Waals surface area contributed by atoms with Crippen LogP contribution >= 0.6 is 11.8 Å². The first-order chi connectivity index (χ1) is 5.70. The minimum Gasteiger partial charge on any atom is -0.445 e. The number of hydrogen-bond acceptors (Lipinski definition) is 4. The van der Waals surface area contributed by atoms with Gasteiger partial charge in [0.25, 0.3) is 0 Å². The second kappa shape index (κ2) is 4.52. The van der Waals surface area contributed by atoms with Crippen LogP contribution in [0.4, 0.5) is 0 Å². The van der Waals surface area contributed by atoms with E-state index in [-0.39, 0.29) is 11.4 Å². The number of hydrogen-bond donors (Lipinski definition) is 0. The number of rotatable bonds is 2. The topological polar surface area (TPSA) is 35.5 Å². The van der Waals surface area contributed by atoms with E-state index in [1.54, 1.807) is 18.7 Å². The molecular weight excluding hydrogens is 176 g/mol. The lowest BCUT2D eigenvalue weighted by atomic mass is 10.4. The second-order valence-corrected chi connectivity index (χ2v) is 3.83. The van der Waals surface area contributed by atoms with E-state index >= 15 is 0 Å². The number of carbonyl (C=O) groups excluding carboxylic acids is 1. The molecule has 1 fully saturated rings. The van der Waals surface area contributed by atoms with Crippen LogP contribution in [-0.4, -0.2) is 30.4 Å². The van der Waals surface area contributed by atoms with Crippen molar-refractivity contribution in [2.24, 2.45) is 0 Å². The van der Waals surface area contributed by atoms with E-state index in [0.29, 0.717) is 12.2 Å². The van der Waals surface area contributed by atoms with Gasteiger partial charge in [0.15, 0.2) is 5.44 Å². The normalized spacial score (nSPS) is 23.2. The Labute approximate surface area is 76.1 Å². The fraction of sp³-hybridized carbons (Fsp3) is 0.625. The molecule has 3 nitrogen and oxygen atoms in total. The van der Waals surface area contributed by atoms with Gasteiger partial charge in [-0.25, -0.2) is 4.79 Å². The molecule has 0 radical (unpaired) electrons. The van der Waals surface area contributed by atoms with E-state index < -0.39 is 0 Å². The molecule has 4 heteroatoms. The largest absolute Gasteiger partial charge is 0.445 e. The van der Waals surface area contributed by atoms with E-state index in [1.807, 2.05) is 0 Å². The Bertz CT molecular complexity index is 185. The van der Waals surface area contributed by atoms with Crippen LogP contribution < -0.4 is 0 Å². The molecule has 0 N–H and O–H groups in total. The SMILES string of the molecule is C=C(C)C(=O)OC1COCCS1. The molecule has 0 spiro atoms. The monoisotopic (exact) mass is 188 g/mol. The lowest BCUT2D eigenvalue weighted by molar-refractivity contribution is -0.142. The van der Waals surface area contributed by atoms with Gasteiger partial charge >= 0.3 is 5.97 Å². The molecule has 1 heterocycles. The highest BCUT2D eigenvalue weighted by atomic mass is 32.2. The zero-order valence-corrected chi connectivity index (χ0v) is 7.86.